The van der Waals surface area contributed by atoms with E-state index in [1.54, 1.807) is 18.2 Å². The van der Waals surface area contributed by atoms with Crippen molar-refractivity contribution in [2.45, 2.75) is 51.7 Å². The van der Waals surface area contributed by atoms with E-state index >= 15 is 0 Å². The molecule has 3 aromatic rings. The van der Waals surface area contributed by atoms with Crippen LogP contribution >= 0.6 is 0 Å². The predicted molar refractivity (Wildman–Crippen MR) is 126 cm³/mol. The number of rotatable bonds is 9. The zero-order valence-electron chi connectivity index (χ0n) is 19.6. The molecular weight excluding hydrogens is 442 g/mol. The number of carbonyl (C=O) groups is 2. The van der Waals surface area contributed by atoms with Gasteiger partial charge in [-0.2, -0.15) is 0 Å². The average Bonchev–Trinajstić information content (AvgIpc) is 3.14. The number of benzene rings is 2. The molecule has 0 bridgehead atoms. The maximum absolute atomic E-state index is 12.4. The number of aryl methyl sites for hydroxylation is 3. The van der Waals surface area contributed by atoms with Gasteiger partial charge in [-0.25, -0.2) is 17.7 Å². The van der Waals surface area contributed by atoms with Crippen LogP contribution < -0.4 is 0 Å². The molecule has 8 nitrogen and oxygen atoms in total. The van der Waals surface area contributed by atoms with Crippen LogP contribution in [0.3, 0.4) is 0 Å². The molecule has 0 unspecified atom stereocenters. The Morgan fingerprint density at radius 3 is 2.39 bits per heavy atom. The largest absolute Gasteiger partial charge is 0.457 e. The Morgan fingerprint density at radius 1 is 1.03 bits per heavy atom. The highest BCUT2D eigenvalue weighted by molar-refractivity contribution is 7.89. The second kappa shape index (κ2) is 9.84. The Morgan fingerprint density at radius 2 is 1.76 bits per heavy atom. The fraction of sp³-hybridized carbons (Fsp3) is 0.375. The van der Waals surface area contributed by atoms with E-state index in [4.69, 9.17) is 4.74 Å². The van der Waals surface area contributed by atoms with Crippen LogP contribution in [0.1, 0.15) is 47.1 Å². The van der Waals surface area contributed by atoms with Crippen molar-refractivity contribution < 1.29 is 22.7 Å². The number of fused-ring (bicyclic) bond motifs is 1. The summed E-state index contributed by atoms with van der Waals surface area (Å²) in [6.45, 7) is 6.37. The molecule has 0 aliphatic carbocycles. The lowest BCUT2D eigenvalue weighted by atomic mass is 10.0. The number of esters is 1. The number of sulfonamides is 1. The molecule has 0 N–H and O–H groups in total. The van der Waals surface area contributed by atoms with Crippen molar-refractivity contribution in [2.75, 3.05) is 14.1 Å². The Bertz CT molecular complexity index is 1310. The summed E-state index contributed by atoms with van der Waals surface area (Å²) in [6.07, 6.45) is 0.0423. The van der Waals surface area contributed by atoms with Crippen molar-refractivity contribution >= 4 is 32.8 Å². The van der Waals surface area contributed by atoms with Crippen molar-refractivity contribution in [3.8, 4) is 0 Å². The van der Waals surface area contributed by atoms with Gasteiger partial charge >= 0.3 is 5.97 Å². The molecule has 176 valence electrons. The summed E-state index contributed by atoms with van der Waals surface area (Å²) in [5, 5.41) is 0. The Balaban J connectivity index is 1.68. The summed E-state index contributed by atoms with van der Waals surface area (Å²) in [7, 11) is -0.637. The van der Waals surface area contributed by atoms with Gasteiger partial charge in [0.1, 0.15) is 12.4 Å². The maximum Gasteiger partial charge on any atom is 0.306 e. The maximum atomic E-state index is 12.4. The van der Waals surface area contributed by atoms with E-state index in [1.165, 1.54) is 20.2 Å². The van der Waals surface area contributed by atoms with Gasteiger partial charge in [0.25, 0.3) is 0 Å². The summed E-state index contributed by atoms with van der Waals surface area (Å²) in [5.74, 6) is -0.0796. The van der Waals surface area contributed by atoms with E-state index in [1.807, 2.05) is 37.5 Å². The lowest BCUT2D eigenvalue weighted by molar-refractivity contribution is -0.145. The predicted octanol–water partition coefficient (Wildman–Crippen LogP) is 3.63. The first-order valence-electron chi connectivity index (χ1n) is 10.7. The summed E-state index contributed by atoms with van der Waals surface area (Å²) >= 11 is 0. The first kappa shape index (κ1) is 24.6. The zero-order chi connectivity index (χ0) is 24.3. The third-order valence-corrected chi connectivity index (χ3v) is 7.45. The molecule has 0 atom stereocenters. The van der Waals surface area contributed by atoms with Crippen molar-refractivity contribution in [2.24, 2.45) is 0 Å². The average molecular weight is 472 g/mol. The standard InChI is InChI=1S/C24H29N3O5S/c1-6-27-21-10-9-19(33(30,31)26(4)5)14-20(21)25-23(27)15-32-24(29)12-11-22(28)18-8-7-16(2)17(3)13-18/h7-10,13-14H,6,11-12,15H2,1-5H3. The SMILES string of the molecule is CCn1c(COC(=O)CCC(=O)c2ccc(C)c(C)c2)nc2cc(S(=O)(=O)N(C)C)ccc21. The number of hydrogen-bond donors (Lipinski definition) is 0. The van der Waals surface area contributed by atoms with E-state index in [9.17, 15) is 18.0 Å². The minimum Gasteiger partial charge on any atom is -0.457 e. The van der Waals surface area contributed by atoms with Crippen LogP contribution in [0.15, 0.2) is 41.3 Å². The Kier molecular flexibility index (Phi) is 7.34. The van der Waals surface area contributed by atoms with Gasteiger partial charge in [0.15, 0.2) is 5.78 Å². The van der Waals surface area contributed by atoms with Gasteiger partial charge < -0.3 is 9.30 Å². The molecule has 9 heteroatoms. The fourth-order valence-corrected chi connectivity index (χ4v) is 4.41. The van der Waals surface area contributed by atoms with Gasteiger partial charge in [-0.05, 0) is 56.2 Å². The van der Waals surface area contributed by atoms with Crippen molar-refractivity contribution in [1.29, 1.82) is 0 Å². The highest BCUT2D eigenvalue weighted by Crippen LogP contribution is 2.23. The van der Waals surface area contributed by atoms with Crippen LogP contribution in [0, 0.1) is 13.8 Å². The lowest BCUT2D eigenvalue weighted by Crippen LogP contribution is -2.22. The summed E-state index contributed by atoms with van der Waals surface area (Å²) < 4.78 is 33.2. The second-order valence-corrected chi connectivity index (χ2v) is 10.2. The number of carbonyl (C=O) groups excluding carboxylic acids is 2. The Labute approximate surface area is 194 Å². The third kappa shape index (κ3) is 5.31. The van der Waals surface area contributed by atoms with Gasteiger partial charge in [-0.15, -0.1) is 0 Å². The summed E-state index contributed by atoms with van der Waals surface area (Å²) in [6, 6.07) is 10.3. The number of Topliss-reactive ketones (excluding diaryl/α,β-unsaturated/α-hetero) is 1. The smallest absolute Gasteiger partial charge is 0.306 e. The molecule has 3 rings (SSSR count). The van der Waals surface area contributed by atoms with E-state index in [-0.39, 0.29) is 30.1 Å². The van der Waals surface area contributed by atoms with Crippen LogP contribution in [0.4, 0.5) is 0 Å². The number of nitrogens with zero attached hydrogens (tertiary/aromatic N) is 3. The summed E-state index contributed by atoms with van der Waals surface area (Å²) in [4.78, 5) is 29.3. The van der Waals surface area contributed by atoms with E-state index in [2.05, 4.69) is 4.98 Å². The molecule has 33 heavy (non-hydrogen) atoms. The number of imidazole rings is 1. The molecule has 0 fully saturated rings. The van der Waals surface area contributed by atoms with E-state index < -0.39 is 16.0 Å². The topological polar surface area (TPSA) is 98.6 Å². The van der Waals surface area contributed by atoms with Gasteiger partial charge in [-0.3, -0.25) is 9.59 Å². The third-order valence-electron chi connectivity index (χ3n) is 5.64. The van der Waals surface area contributed by atoms with Gasteiger partial charge in [0.2, 0.25) is 10.0 Å². The molecular formula is C24H29N3O5S. The minimum atomic E-state index is -3.58. The molecule has 0 saturated carbocycles. The zero-order valence-corrected chi connectivity index (χ0v) is 20.4. The van der Waals surface area contributed by atoms with Crippen molar-refractivity contribution in [3.63, 3.8) is 0 Å². The number of ether oxygens (including phenoxy) is 1. The quantitative estimate of drug-likeness (QED) is 0.349. The van der Waals surface area contributed by atoms with Crippen molar-refractivity contribution in [1.82, 2.24) is 13.9 Å². The molecule has 2 aromatic carbocycles. The van der Waals surface area contributed by atoms with Crippen LogP contribution in [-0.2, 0) is 32.7 Å². The monoisotopic (exact) mass is 471 g/mol. The first-order valence-corrected chi connectivity index (χ1v) is 12.2. The molecule has 0 saturated heterocycles. The normalized spacial score (nSPS) is 11.8. The van der Waals surface area contributed by atoms with E-state index in [0.29, 0.717) is 23.4 Å². The van der Waals surface area contributed by atoms with Gasteiger partial charge in [0.05, 0.1) is 22.3 Å². The lowest BCUT2D eigenvalue weighted by Gasteiger charge is -2.11. The molecule has 0 amide bonds. The van der Waals surface area contributed by atoms with Crippen molar-refractivity contribution in [3.05, 3.63) is 58.9 Å². The van der Waals surface area contributed by atoms with Crippen LogP contribution in [0.2, 0.25) is 0 Å². The summed E-state index contributed by atoms with van der Waals surface area (Å²) in [5.41, 5.74) is 3.99. The highest BCUT2D eigenvalue weighted by atomic mass is 32.2. The van der Waals surface area contributed by atoms with Crippen LogP contribution in [-0.4, -0.2) is 48.1 Å². The molecule has 0 aliphatic heterocycles. The second-order valence-electron chi connectivity index (χ2n) is 8.09. The molecule has 1 aromatic heterocycles. The van der Waals surface area contributed by atoms with Gasteiger partial charge in [-0.1, -0.05) is 12.1 Å². The Hall–Kier alpha value is -3.04. The van der Waals surface area contributed by atoms with Crippen LogP contribution in [0.25, 0.3) is 11.0 Å². The van der Waals surface area contributed by atoms with Gasteiger partial charge in [0, 0.05) is 32.6 Å². The van der Waals surface area contributed by atoms with Crippen LogP contribution in [0.5, 0.6) is 0 Å². The molecule has 0 radical (unpaired) electrons. The first-order chi connectivity index (χ1) is 15.5. The molecule has 1 heterocycles. The number of ketones is 1. The minimum absolute atomic E-state index is 0.0245. The number of hydrogen-bond acceptors (Lipinski definition) is 6. The fourth-order valence-electron chi connectivity index (χ4n) is 3.49. The highest BCUT2D eigenvalue weighted by Gasteiger charge is 2.20. The molecule has 0 spiro atoms. The van der Waals surface area contributed by atoms with E-state index in [0.717, 1.165) is 20.9 Å². The number of aromatic nitrogens is 2. The molecule has 0 aliphatic rings.